The quantitative estimate of drug-likeness (QED) is 0.749. The number of carbonyl (C=O) groups excluding carboxylic acids is 1. The molecule has 2 aliphatic rings. The maximum Gasteiger partial charge on any atom is 0.320 e. The van der Waals surface area contributed by atoms with Crippen LogP contribution in [0.3, 0.4) is 0 Å². The van der Waals surface area contributed by atoms with Crippen LogP contribution >= 0.6 is 0 Å². The van der Waals surface area contributed by atoms with Gasteiger partial charge in [0, 0.05) is 32.7 Å². The smallest absolute Gasteiger partial charge is 0.320 e. The molecule has 2 saturated heterocycles. The van der Waals surface area contributed by atoms with Gasteiger partial charge in [-0.3, -0.25) is 4.79 Å². The number of ether oxygens (including phenoxy) is 1. The Labute approximate surface area is 118 Å². The summed E-state index contributed by atoms with van der Waals surface area (Å²) in [5.74, 6) is -1.50. The summed E-state index contributed by atoms with van der Waals surface area (Å²) in [6, 6.07) is -0.412. The largest absolute Gasteiger partial charge is 0.481 e. The topological polar surface area (TPSA) is 82.1 Å². The number of amides is 2. The average Bonchev–Trinajstić information content (AvgIpc) is 2.94. The van der Waals surface area contributed by atoms with Gasteiger partial charge in [0.1, 0.15) is 5.92 Å². The number of rotatable bonds is 4. The van der Waals surface area contributed by atoms with E-state index in [-0.39, 0.29) is 18.7 Å². The van der Waals surface area contributed by atoms with Gasteiger partial charge in [-0.1, -0.05) is 6.92 Å². The van der Waals surface area contributed by atoms with Crippen molar-refractivity contribution in [3.63, 3.8) is 0 Å². The summed E-state index contributed by atoms with van der Waals surface area (Å²) in [7, 11) is 0. The predicted molar refractivity (Wildman–Crippen MR) is 72.6 cm³/mol. The molecule has 2 aliphatic heterocycles. The van der Waals surface area contributed by atoms with E-state index in [0.717, 1.165) is 19.5 Å². The average molecular weight is 285 g/mol. The van der Waals surface area contributed by atoms with E-state index < -0.39 is 11.9 Å². The first-order chi connectivity index (χ1) is 9.65. The number of piperazine rings is 1. The Balaban J connectivity index is 2.08. The highest BCUT2D eigenvalue weighted by Gasteiger charge is 2.40. The van der Waals surface area contributed by atoms with Crippen LogP contribution in [0.25, 0.3) is 0 Å². The van der Waals surface area contributed by atoms with Crippen LogP contribution in [0, 0.1) is 5.92 Å². The summed E-state index contributed by atoms with van der Waals surface area (Å²) in [4.78, 5) is 27.4. The van der Waals surface area contributed by atoms with Gasteiger partial charge >= 0.3 is 12.0 Å². The molecule has 114 valence electrons. The minimum absolute atomic E-state index is 0.0601. The second-order valence-electron chi connectivity index (χ2n) is 5.26. The normalized spacial score (nSPS) is 26.6. The van der Waals surface area contributed by atoms with E-state index in [4.69, 9.17) is 4.74 Å². The van der Waals surface area contributed by atoms with Crippen molar-refractivity contribution in [3.05, 3.63) is 0 Å². The van der Waals surface area contributed by atoms with E-state index in [2.05, 4.69) is 5.32 Å². The van der Waals surface area contributed by atoms with E-state index in [9.17, 15) is 14.7 Å². The fourth-order valence-corrected chi connectivity index (χ4v) is 2.77. The number of carboxylic acid groups (broad SMARTS) is 1. The third-order valence-corrected chi connectivity index (χ3v) is 3.87. The maximum absolute atomic E-state index is 12.6. The molecule has 2 heterocycles. The van der Waals surface area contributed by atoms with E-state index in [0.29, 0.717) is 26.2 Å². The van der Waals surface area contributed by atoms with Crippen molar-refractivity contribution in [2.45, 2.75) is 19.4 Å². The first kappa shape index (κ1) is 15.1. The van der Waals surface area contributed by atoms with Crippen molar-refractivity contribution >= 4 is 12.0 Å². The van der Waals surface area contributed by atoms with Gasteiger partial charge in [0.15, 0.2) is 0 Å². The van der Waals surface area contributed by atoms with Crippen LogP contribution in [0.4, 0.5) is 4.79 Å². The summed E-state index contributed by atoms with van der Waals surface area (Å²) in [5.41, 5.74) is 0. The van der Waals surface area contributed by atoms with Crippen molar-refractivity contribution in [2.75, 3.05) is 45.9 Å². The molecule has 0 aromatic rings. The van der Waals surface area contributed by atoms with Crippen LogP contribution in [-0.4, -0.2) is 78.9 Å². The van der Waals surface area contributed by atoms with Gasteiger partial charge in [-0.25, -0.2) is 4.79 Å². The van der Waals surface area contributed by atoms with Crippen molar-refractivity contribution in [1.29, 1.82) is 0 Å². The second-order valence-corrected chi connectivity index (χ2v) is 5.26. The number of urea groups is 1. The number of nitrogens with one attached hydrogen (secondary N) is 1. The minimum Gasteiger partial charge on any atom is -0.481 e. The summed E-state index contributed by atoms with van der Waals surface area (Å²) in [6.07, 6.45) is 0.806. The standard InChI is InChI=1S/C13H23N3O4/c1-2-5-16(11-9-20-8-10(11)12(17)18)13(19)15-6-3-14-4-7-15/h10-11,14H,2-9H2,1H3,(H,17,18). The molecule has 2 atom stereocenters. The monoisotopic (exact) mass is 285 g/mol. The number of hydrogen-bond donors (Lipinski definition) is 2. The van der Waals surface area contributed by atoms with Gasteiger partial charge in [-0.05, 0) is 6.42 Å². The van der Waals surface area contributed by atoms with Crippen molar-refractivity contribution in [2.24, 2.45) is 5.92 Å². The Kier molecular flexibility index (Phi) is 5.19. The Morgan fingerprint density at radius 1 is 1.35 bits per heavy atom. The van der Waals surface area contributed by atoms with Gasteiger partial charge in [-0.2, -0.15) is 0 Å². The third-order valence-electron chi connectivity index (χ3n) is 3.87. The lowest BCUT2D eigenvalue weighted by Crippen LogP contribution is -2.56. The summed E-state index contributed by atoms with van der Waals surface area (Å²) < 4.78 is 5.29. The van der Waals surface area contributed by atoms with Gasteiger partial charge in [0.2, 0.25) is 0 Å². The summed E-state index contributed by atoms with van der Waals surface area (Å²) >= 11 is 0. The fraction of sp³-hybridized carbons (Fsp3) is 0.846. The minimum atomic E-state index is -0.887. The third kappa shape index (κ3) is 3.21. The molecule has 7 heteroatoms. The van der Waals surface area contributed by atoms with Crippen molar-refractivity contribution in [1.82, 2.24) is 15.1 Å². The first-order valence-electron chi connectivity index (χ1n) is 7.22. The lowest BCUT2D eigenvalue weighted by molar-refractivity contribution is -0.142. The van der Waals surface area contributed by atoms with Crippen molar-refractivity contribution in [3.8, 4) is 0 Å². The summed E-state index contributed by atoms with van der Waals surface area (Å²) in [6.45, 7) is 5.98. The van der Waals surface area contributed by atoms with Crippen LogP contribution in [0.1, 0.15) is 13.3 Å². The van der Waals surface area contributed by atoms with Crippen LogP contribution < -0.4 is 5.32 Å². The molecule has 0 aromatic heterocycles. The lowest BCUT2D eigenvalue weighted by Gasteiger charge is -2.37. The Morgan fingerprint density at radius 2 is 2.05 bits per heavy atom. The van der Waals surface area contributed by atoms with Crippen LogP contribution in [0.15, 0.2) is 0 Å². The highest BCUT2D eigenvalue weighted by Crippen LogP contribution is 2.22. The molecule has 0 aromatic carbocycles. The van der Waals surface area contributed by atoms with E-state index in [1.807, 2.05) is 6.92 Å². The molecule has 0 bridgehead atoms. The van der Waals surface area contributed by atoms with Gasteiger partial charge < -0.3 is 25.0 Å². The van der Waals surface area contributed by atoms with Gasteiger partial charge in [0.25, 0.3) is 0 Å². The Bertz CT molecular complexity index is 358. The maximum atomic E-state index is 12.6. The van der Waals surface area contributed by atoms with Gasteiger partial charge in [0.05, 0.1) is 19.3 Å². The SMILES string of the molecule is CCCN(C(=O)N1CCNCC1)C1COCC1C(=O)O. The van der Waals surface area contributed by atoms with Crippen LogP contribution in [-0.2, 0) is 9.53 Å². The van der Waals surface area contributed by atoms with E-state index in [1.54, 1.807) is 9.80 Å². The molecule has 2 fully saturated rings. The molecule has 0 radical (unpaired) electrons. The zero-order valence-electron chi connectivity index (χ0n) is 11.9. The molecular weight excluding hydrogens is 262 g/mol. The van der Waals surface area contributed by atoms with Crippen LogP contribution in [0.5, 0.6) is 0 Å². The van der Waals surface area contributed by atoms with Crippen LogP contribution in [0.2, 0.25) is 0 Å². The second kappa shape index (κ2) is 6.90. The van der Waals surface area contributed by atoms with Gasteiger partial charge in [-0.15, -0.1) is 0 Å². The summed E-state index contributed by atoms with van der Waals surface area (Å²) in [5, 5.41) is 12.5. The van der Waals surface area contributed by atoms with E-state index >= 15 is 0 Å². The highest BCUT2D eigenvalue weighted by atomic mass is 16.5. The number of carboxylic acids is 1. The highest BCUT2D eigenvalue weighted by molar-refractivity contribution is 5.77. The van der Waals surface area contributed by atoms with Crippen molar-refractivity contribution < 1.29 is 19.4 Å². The Hall–Kier alpha value is -1.34. The Morgan fingerprint density at radius 3 is 2.65 bits per heavy atom. The number of carbonyl (C=O) groups is 2. The molecule has 2 unspecified atom stereocenters. The molecule has 0 aliphatic carbocycles. The molecule has 0 spiro atoms. The molecule has 20 heavy (non-hydrogen) atoms. The number of hydrogen-bond acceptors (Lipinski definition) is 4. The zero-order chi connectivity index (χ0) is 14.5. The first-order valence-corrected chi connectivity index (χ1v) is 7.22. The zero-order valence-corrected chi connectivity index (χ0v) is 11.9. The number of nitrogens with zero attached hydrogens (tertiary/aromatic N) is 2. The predicted octanol–water partition coefficient (Wildman–Crippen LogP) is -0.177. The molecular formula is C13H23N3O4. The lowest BCUT2D eigenvalue weighted by atomic mass is 10.0. The number of aliphatic carboxylic acids is 1. The molecule has 2 amide bonds. The molecule has 0 saturated carbocycles. The molecule has 7 nitrogen and oxygen atoms in total. The fourth-order valence-electron chi connectivity index (χ4n) is 2.77. The molecule has 2 N–H and O–H groups in total. The molecule has 2 rings (SSSR count). The van der Waals surface area contributed by atoms with E-state index in [1.165, 1.54) is 0 Å².